The Labute approximate surface area is 91.9 Å². The Morgan fingerprint density at radius 3 is 2.73 bits per heavy atom. The van der Waals surface area contributed by atoms with Crippen LogP contribution in [0.3, 0.4) is 0 Å². The highest BCUT2D eigenvalue weighted by Crippen LogP contribution is 2.34. The smallest absolute Gasteiger partial charge is 0.113 e. The summed E-state index contributed by atoms with van der Waals surface area (Å²) in [6.45, 7) is 4.42. The first-order valence-corrected chi connectivity index (χ1v) is 5.67. The van der Waals surface area contributed by atoms with E-state index in [2.05, 4.69) is 30.8 Å². The summed E-state index contributed by atoms with van der Waals surface area (Å²) in [6, 6.07) is 4.09. The van der Waals surface area contributed by atoms with Gasteiger partial charge in [0.15, 0.2) is 0 Å². The molecule has 1 aliphatic rings. The lowest BCUT2D eigenvalue weighted by Crippen LogP contribution is -2.02. The number of aromatic nitrogens is 1. The monoisotopic (exact) mass is 199 g/mol. The van der Waals surface area contributed by atoms with E-state index in [0.717, 1.165) is 18.0 Å². The number of hydrogen-bond donors (Lipinski definition) is 0. The van der Waals surface area contributed by atoms with Gasteiger partial charge in [-0.3, -0.25) is 0 Å². The van der Waals surface area contributed by atoms with Gasteiger partial charge in [-0.25, -0.2) is 4.98 Å². The molecule has 1 heterocycles. The van der Waals surface area contributed by atoms with Gasteiger partial charge < -0.3 is 0 Å². The van der Waals surface area contributed by atoms with Crippen LogP contribution >= 0.6 is 0 Å². The zero-order valence-electron chi connectivity index (χ0n) is 9.46. The van der Waals surface area contributed by atoms with Gasteiger partial charge >= 0.3 is 0 Å². The summed E-state index contributed by atoms with van der Waals surface area (Å²) in [5.74, 6) is 4.02. The predicted molar refractivity (Wildman–Crippen MR) is 62.7 cm³/mol. The van der Waals surface area contributed by atoms with Crippen molar-refractivity contribution in [2.75, 3.05) is 0 Å². The molecular weight excluding hydrogens is 182 g/mol. The van der Waals surface area contributed by atoms with Crippen LogP contribution in [0.2, 0.25) is 0 Å². The Kier molecular flexibility index (Phi) is 2.77. The van der Waals surface area contributed by atoms with Crippen molar-refractivity contribution in [3.05, 3.63) is 29.1 Å². The van der Waals surface area contributed by atoms with Crippen molar-refractivity contribution >= 4 is 0 Å². The number of hydrogen-bond acceptors (Lipinski definition) is 1. The van der Waals surface area contributed by atoms with E-state index in [0.29, 0.717) is 5.92 Å². The largest absolute Gasteiger partial charge is 0.244 e. The second kappa shape index (κ2) is 4.06. The highest BCUT2D eigenvalue weighted by molar-refractivity contribution is 5.33. The molecule has 15 heavy (non-hydrogen) atoms. The molecule has 0 N–H and O–H groups in total. The normalized spacial score (nSPS) is 15.3. The van der Waals surface area contributed by atoms with Gasteiger partial charge in [-0.15, -0.1) is 6.42 Å². The molecule has 0 spiro atoms. The molecule has 0 amide bonds. The minimum absolute atomic E-state index is 0.540. The maximum atomic E-state index is 5.38. The van der Waals surface area contributed by atoms with E-state index in [-0.39, 0.29) is 0 Å². The molecule has 1 heteroatoms. The third kappa shape index (κ3) is 2.39. The summed E-state index contributed by atoms with van der Waals surface area (Å²) in [5.41, 5.74) is 3.36. The molecule has 0 saturated heterocycles. The Morgan fingerprint density at radius 1 is 1.47 bits per heavy atom. The van der Waals surface area contributed by atoms with Gasteiger partial charge in [-0.05, 0) is 42.7 Å². The van der Waals surface area contributed by atoms with Gasteiger partial charge in [0, 0.05) is 5.69 Å². The maximum Gasteiger partial charge on any atom is 0.113 e. The highest BCUT2D eigenvalue weighted by Gasteiger charge is 2.24. The van der Waals surface area contributed by atoms with E-state index in [9.17, 15) is 0 Å². The fourth-order valence-electron chi connectivity index (χ4n) is 1.88. The van der Waals surface area contributed by atoms with Gasteiger partial charge in [0.25, 0.3) is 0 Å². The molecule has 0 unspecified atom stereocenters. The zero-order chi connectivity index (χ0) is 10.8. The van der Waals surface area contributed by atoms with E-state index in [1.807, 2.05) is 6.07 Å². The fraction of sp³-hybridized carbons (Fsp3) is 0.500. The lowest BCUT2D eigenvalue weighted by molar-refractivity contribution is 0.755. The van der Waals surface area contributed by atoms with Crippen LogP contribution < -0.4 is 0 Å². The molecule has 2 rings (SSSR count). The lowest BCUT2D eigenvalue weighted by atomic mass is 9.98. The van der Waals surface area contributed by atoms with Gasteiger partial charge in [0.1, 0.15) is 5.69 Å². The lowest BCUT2D eigenvalue weighted by Gasteiger charge is -2.11. The molecular formula is C14H17N. The average Bonchev–Trinajstić information content (AvgIpc) is 3.01. The van der Waals surface area contributed by atoms with Gasteiger partial charge in [0.2, 0.25) is 0 Å². The quantitative estimate of drug-likeness (QED) is 0.681. The molecule has 1 nitrogen and oxygen atoms in total. The van der Waals surface area contributed by atoms with Crippen LogP contribution in [0, 0.1) is 18.3 Å². The molecule has 1 aliphatic carbocycles. The third-order valence-electron chi connectivity index (χ3n) is 2.96. The predicted octanol–water partition coefficient (Wildman–Crippen LogP) is 3.14. The Bertz CT molecular complexity index is 394. The first-order valence-electron chi connectivity index (χ1n) is 5.67. The van der Waals surface area contributed by atoms with Crippen molar-refractivity contribution < 1.29 is 0 Å². The molecule has 0 aliphatic heterocycles. The molecule has 1 saturated carbocycles. The Hall–Kier alpha value is -1.29. The fourth-order valence-corrected chi connectivity index (χ4v) is 1.88. The zero-order valence-corrected chi connectivity index (χ0v) is 9.46. The summed E-state index contributed by atoms with van der Waals surface area (Å²) in [6.07, 6.45) is 9.21. The standard InChI is InChI=1S/C14H17N/c1-4-12-7-8-13(10(2)3)14(15-12)9-11-5-6-11/h1,7-8,10-11H,5-6,9H2,2-3H3. The van der Waals surface area contributed by atoms with E-state index < -0.39 is 0 Å². The molecule has 1 fully saturated rings. The molecule has 78 valence electrons. The Morgan fingerprint density at radius 2 is 2.20 bits per heavy atom. The summed E-state index contributed by atoms with van der Waals surface area (Å²) < 4.78 is 0. The van der Waals surface area contributed by atoms with Gasteiger partial charge in [0.05, 0.1) is 0 Å². The number of rotatable bonds is 3. The van der Waals surface area contributed by atoms with Crippen molar-refractivity contribution in [2.24, 2.45) is 5.92 Å². The van der Waals surface area contributed by atoms with Crippen molar-refractivity contribution in [2.45, 2.75) is 39.0 Å². The van der Waals surface area contributed by atoms with E-state index >= 15 is 0 Å². The summed E-state index contributed by atoms with van der Waals surface area (Å²) in [7, 11) is 0. The molecule has 0 atom stereocenters. The second-order valence-electron chi connectivity index (χ2n) is 4.68. The van der Waals surface area contributed by atoms with Crippen molar-refractivity contribution in [1.82, 2.24) is 4.98 Å². The summed E-state index contributed by atoms with van der Waals surface area (Å²) >= 11 is 0. The summed E-state index contributed by atoms with van der Waals surface area (Å²) in [5, 5.41) is 0. The SMILES string of the molecule is C#Cc1ccc(C(C)C)c(CC2CC2)n1. The van der Waals surface area contributed by atoms with Gasteiger partial charge in [-0.2, -0.15) is 0 Å². The van der Waals surface area contributed by atoms with E-state index in [4.69, 9.17) is 6.42 Å². The second-order valence-corrected chi connectivity index (χ2v) is 4.68. The van der Waals surface area contributed by atoms with Gasteiger partial charge in [-0.1, -0.05) is 25.8 Å². The first-order chi connectivity index (χ1) is 7.20. The van der Waals surface area contributed by atoms with Crippen LogP contribution in [-0.2, 0) is 6.42 Å². The minimum atomic E-state index is 0.540. The van der Waals surface area contributed by atoms with Crippen LogP contribution in [0.25, 0.3) is 0 Å². The van der Waals surface area contributed by atoms with E-state index in [1.165, 1.54) is 24.1 Å². The highest BCUT2D eigenvalue weighted by atomic mass is 14.7. The third-order valence-corrected chi connectivity index (χ3v) is 2.96. The first kappa shape index (κ1) is 10.2. The number of nitrogens with zero attached hydrogens (tertiary/aromatic N) is 1. The van der Waals surface area contributed by atoms with Crippen molar-refractivity contribution in [3.63, 3.8) is 0 Å². The molecule has 0 aromatic carbocycles. The number of terminal acetylenes is 1. The van der Waals surface area contributed by atoms with Crippen molar-refractivity contribution in [1.29, 1.82) is 0 Å². The van der Waals surface area contributed by atoms with Crippen LogP contribution in [0.5, 0.6) is 0 Å². The average molecular weight is 199 g/mol. The maximum absolute atomic E-state index is 5.38. The molecule has 1 aromatic rings. The molecule has 1 aromatic heterocycles. The van der Waals surface area contributed by atoms with Crippen LogP contribution in [0.15, 0.2) is 12.1 Å². The van der Waals surface area contributed by atoms with E-state index in [1.54, 1.807) is 0 Å². The minimum Gasteiger partial charge on any atom is -0.244 e. The van der Waals surface area contributed by atoms with Crippen molar-refractivity contribution in [3.8, 4) is 12.3 Å². The van der Waals surface area contributed by atoms with Crippen LogP contribution in [-0.4, -0.2) is 4.98 Å². The van der Waals surface area contributed by atoms with Crippen LogP contribution in [0.1, 0.15) is 49.6 Å². The topological polar surface area (TPSA) is 12.9 Å². The molecule has 0 bridgehead atoms. The van der Waals surface area contributed by atoms with Crippen LogP contribution in [0.4, 0.5) is 0 Å². The summed E-state index contributed by atoms with van der Waals surface area (Å²) in [4.78, 5) is 4.56. The number of pyridine rings is 1. The Balaban J connectivity index is 2.32. The molecule has 0 radical (unpaired) electrons.